The fourth-order valence-corrected chi connectivity index (χ4v) is 4.55. The Morgan fingerprint density at radius 1 is 1.47 bits per heavy atom. The lowest BCUT2D eigenvalue weighted by atomic mass is 10.0. The van der Waals surface area contributed by atoms with E-state index in [4.69, 9.17) is 9.39 Å². The Bertz CT molecular complexity index is 929. The van der Waals surface area contributed by atoms with E-state index in [1.54, 1.807) is 4.57 Å². The van der Waals surface area contributed by atoms with Crippen LogP contribution < -0.4 is 10.8 Å². The Morgan fingerprint density at radius 2 is 2.27 bits per heavy atom. The number of amides is 3. The van der Waals surface area contributed by atoms with E-state index in [0.717, 1.165) is 25.9 Å². The molecule has 0 saturated carbocycles. The van der Waals surface area contributed by atoms with Crippen LogP contribution in [0.5, 0.6) is 0 Å². The molecule has 13 nitrogen and oxygen atoms in total. The van der Waals surface area contributed by atoms with Gasteiger partial charge in [-0.1, -0.05) is 0 Å². The van der Waals surface area contributed by atoms with Gasteiger partial charge in [0.25, 0.3) is 5.91 Å². The molecule has 1 aromatic rings. The molecule has 1 aromatic heterocycles. The zero-order valence-electron chi connectivity index (χ0n) is 16.4. The molecule has 1 unspecified atom stereocenters. The Morgan fingerprint density at radius 3 is 2.93 bits per heavy atom. The fourth-order valence-electron chi connectivity index (χ4n) is 4.18. The van der Waals surface area contributed by atoms with Gasteiger partial charge in [-0.25, -0.2) is 15.3 Å². The van der Waals surface area contributed by atoms with Crippen molar-refractivity contribution in [2.75, 3.05) is 26.2 Å². The number of nitrogens with zero attached hydrogens (tertiary/aromatic N) is 4. The van der Waals surface area contributed by atoms with Gasteiger partial charge in [-0.3, -0.25) is 14.2 Å². The monoisotopic (exact) mass is 444 g/mol. The van der Waals surface area contributed by atoms with Gasteiger partial charge < -0.3 is 14.8 Å². The van der Waals surface area contributed by atoms with Crippen molar-refractivity contribution in [2.24, 2.45) is 5.92 Å². The summed E-state index contributed by atoms with van der Waals surface area (Å²) in [4.78, 5) is 36.6. The average Bonchev–Trinajstić information content (AvgIpc) is 3.24. The first-order valence-electron chi connectivity index (χ1n) is 9.74. The lowest BCUT2D eigenvalue weighted by Crippen LogP contribution is -2.45. The summed E-state index contributed by atoms with van der Waals surface area (Å²) in [6, 6.07) is -2.82. The van der Waals surface area contributed by atoms with E-state index >= 15 is 0 Å². The van der Waals surface area contributed by atoms with E-state index in [2.05, 4.69) is 20.1 Å². The second-order valence-electron chi connectivity index (χ2n) is 7.47. The second-order valence-corrected chi connectivity index (χ2v) is 8.48. The zero-order valence-corrected chi connectivity index (χ0v) is 17.2. The Hall–Kier alpha value is -2.26. The lowest BCUT2D eigenvalue weighted by Gasteiger charge is -2.30. The predicted octanol–water partition coefficient (Wildman–Crippen LogP) is -0.482. The molecule has 2 bridgehead atoms. The Balaban J connectivity index is 1.55. The number of piperidine rings is 1. The molecular weight excluding hydrogens is 420 g/mol. The van der Waals surface area contributed by atoms with E-state index in [-0.39, 0.29) is 12.5 Å². The molecule has 2 saturated heterocycles. The van der Waals surface area contributed by atoms with Crippen LogP contribution in [0.1, 0.15) is 43.2 Å². The van der Waals surface area contributed by atoms with E-state index in [9.17, 15) is 18.0 Å². The fraction of sp³-hybridized carbons (Fsp3) is 0.688. The number of carbonyl (C=O) groups excluding carboxylic acids is 2. The first-order valence-corrected chi connectivity index (χ1v) is 11.1. The standard InChI is InChI=1S/C16H24N6O7S/c1-2-20-9-18-12-11-7-21(16(24)22(11)29-30(25,26)27)14(13(12)20)15(23)19-28-8-10-4-3-5-17-6-10/h9-11,14,17H,2-8H2,1H3,(H,19,23)(H,25,26,27)/t10?,11-,14-/m0/s1. The van der Waals surface area contributed by atoms with Crippen LogP contribution >= 0.6 is 0 Å². The van der Waals surface area contributed by atoms with Crippen LogP contribution in [0.3, 0.4) is 0 Å². The van der Waals surface area contributed by atoms with Crippen molar-refractivity contribution in [2.45, 2.75) is 38.4 Å². The minimum Gasteiger partial charge on any atom is -0.332 e. The third-order valence-electron chi connectivity index (χ3n) is 5.54. The summed E-state index contributed by atoms with van der Waals surface area (Å²) in [7, 11) is -4.93. The van der Waals surface area contributed by atoms with Gasteiger partial charge in [-0.15, -0.1) is 4.28 Å². The number of rotatable bonds is 7. The number of carbonyl (C=O) groups is 2. The lowest BCUT2D eigenvalue weighted by molar-refractivity contribution is -0.140. The largest absolute Gasteiger partial charge is 0.418 e. The number of aromatic nitrogens is 2. The molecule has 3 aliphatic rings. The molecule has 166 valence electrons. The van der Waals surface area contributed by atoms with Gasteiger partial charge in [0.2, 0.25) is 0 Å². The van der Waals surface area contributed by atoms with E-state index in [1.807, 2.05) is 6.92 Å². The first kappa shape index (κ1) is 21.0. The normalized spacial score (nSPS) is 26.1. The summed E-state index contributed by atoms with van der Waals surface area (Å²) < 4.78 is 37.6. The van der Waals surface area contributed by atoms with Crippen molar-refractivity contribution in [1.29, 1.82) is 0 Å². The molecule has 3 amide bonds. The SMILES string of the molecule is CCn1cnc2c1[C@@H](C(=O)NOCC1CCCNC1)N1C[C@@H]2N(OS(=O)(=O)O)C1=O. The van der Waals surface area contributed by atoms with Crippen LogP contribution in [0.25, 0.3) is 0 Å². The van der Waals surface area contributed by atoms with Gasteiger partial charge in [0.1, 0.15) is 6.04 Å². The average molecular weight is 444 g/mol. The van der Waals surface area contributed by atoms with Crippen LogP contribution in [0, 0.1) is 5.92 Å². The van der Waals surface area contributed by atoms with Gasteiger partial charge in [-0.2, -0.15) is 13.5 Å². The number of aryl methyl sites for hydroxylation is 1. The highest BCUT2D eigenvalue weighted by atomic mass is 32.3. The minimum absolute atomic E-state index is 0.0211. The molecule has 4 rings (SSSR count). The summed E-state index contributed by atoms with van der Waals surface area (Å²) >= 11 is 0. The predicted molar refractivity (Wildman–Crippen MR) is 99.6 cm³/mol. The van der Waals surface area contributed by atoms with E-state index < -0.39 is 34.4 Å². The molecule has 3 aliphatic heterocycles. The summed E-state index contributed by atoms with van der Waals surface area (Å²) in [5.74, 6) is -0.297. The molecular formula is C16H24N6O7S. The topological polar surface area (TPSA) is 155 Å². The number of hydroxylamine groups is 3. The molecule has 14 heteroatoms. The van der Waals surface area contributed by atoms with E-state index in [0.29, 0.717) is 29.6 Å². The smallest absolute Gasteiger partial charge is 0.332 e. The second kappa shape index (κ2) is 8.11. The highest BCUT2D eigenvalue weighted by Gasteiger charge is 2.54. The minimum atomic E-state index is -4.93. The summed E-state index contributed by atoms with van der Waals surface area (Å²) in [5.41, 5.74) is 3.20. The maximum Gasteiger partial charge on any atom is 0.418 e. The van der Waals surface area contributed by atoms with Gasteiger partial charge in [0.15, 0.2) is 6.04 Å². The van der Waals surface area contributed by atoms with Crippen molar-refractivity contribution in [3.05, 3.63) is 17.7 Å². The highest BCUT2D eigenvalue weighted by Crippen LogP contribution is 2.43. The molecule has 0 radical (unpaired) electrons. The molecule has 30 heavy (non-hydrogen) atoms. The van der Waals surface area contributed by atoms with Crippen molar-refractivity contribution >= 4 is 22.3 Å². The van der Waals surface area contributed by atoms with Crippen LogP contribution in [0.4, 0.5) is 4.79 Å². The van der Waals surface area contributed by atoms with Gasteiger partial charge in [-0.05, 0) is 32.2 Å². The third kappa shape index (κ3) is 3.88. The summed E-state index contributed by atoms with van der Waals surface area (Å²) in [6.45, 7) is 4.42. The molecule has 3 atom stereocenters. The third-order valence-corrected chi connectivity index (χ3v) is 5.88. The van der Waals surface area contributed by atoms with Crippen LogP contribution in [0.2, 0.25) is 0 Å². The van der Waals surface area contributed by atoms with Crippen LogP contribution in [0.15, 0.2) is 6.33 Å². The quantitative estimate of drug-likeness (QED) is 0.373. The first-order chi connectivity index (χ1) is 14.3. The van der Waals surface area contributed by atoms with Crippen LogP contribution in [-0.4, -0.2) is 70.7 Å². The number of nitrogens with one attached hydrogen (secondary N) is 2. The zero-order chi connectivity index (χ0) is 21.5. The van der Waals surface area contributed by atoms with Crippen molar-refractivity contribution in [3.8, 4) is 0 Å². The molecule has 4 heterocycles. The number of fused-ring (bicyclic) bond motifs is 4. The van der Waals surface area contributed by atoms with Crippen molar-refractivity contribution in [1.82, 2.24) is 30.3 Å². The van der Waals surface area contributed by atoms with Gasteiger partial charge in [0, 0.05) is 13.1 Å². The Kier molecular flexibility index (Phi) is 5.67. The molecule has 0 spiro atoms. The maximum atomic E-state index is 13.0. The van der Waals surface area contributed by atoms with Crippen LogP contribution in [-0.2, 0) is 30.9 Å². The number of urea groups is 1. The number of hydrogen-bond acceptors (Lipinski definition) is 8. The van der Waals surface area contributed by atoms with Gasteiger partial charge in [0.05, 0.1) is 30.9 Å². The molecule has 2 fully saturated rings. The summed E-state index contributed by atoms with van der Waals surface area (Å²) in [6.07, 6.45) is 3.54. The van der Waals surface area contributed by atoms with E-state index in [1.165, 1.54) is 11.2 Å². The van der Waals surface area contributed by atoms with Crippen molar-refractivity contribution < 1.29 is 31.7 Å². The molecule has 0 aliphatic carbocycles. The molecule has 0 aromatic carbocycles. The number of hydrogen-bond donors (Lipinski definition) is 3. The highest BCUT2D eigenvalue weighted by molar-refractivity contribution is 7.80. The van der Waals surface area contributed by atoms with Gasteiger partial charge >= 0.3 is 16.4 Å². The molecule has 3 N–H and O–H groups in total. The summed E-state index contributed by atoms with van der Waals surface area (Å²) in [5, 5.41) is 3.80. The maximum absolute atomic E-state index is 13.0. The Labute approximate surface area is 173 Å². The van der Waals surface area contributed by atoms with Crippen molar-refractivity contribution in [3.63, 3.8) is 0 Å². The number of imidazole rings is 1.